The molecule has 0 aromatic heterocycles. The largest absolute Gasteiger partial charge is 0.509 e. The van der Waals surface area contributed by atoms with Crippen molar-refractivity contribution in [1.82, 2.24) is 15.1 Å². The Morgan fingerprint density at radius 2 is 1.48 bits per heavy atom. The normalized spacial score (nSPS) is 16.6. The predicted octanol–water partition coefficient (Wildman–Crippen LogP) is 4.31. The van der Waals surface area contributed by atoms with E-state index in [-0.39, 0.29) is 51.2 Å². The zero-order chi connectivity index (χ0) is 40.2. The van der Waals surface area contributed by atoms with E-state index in [2.05, 4.69) is 5.32 Å². The Hall–Kier alpha value is -5.09. The Bertz CT molecular complexity index is 1580. The van der Waals surface area contributed by atoms with Crippen molar-refractivity contribution < 1.29 is 52.6 Å². The average molecular weight is 757 g/mol. The van der Waals surface area contributed by atoms with Gasteiger partial charge in [-0.1, -0.05) is 42.5 Å². The molecule has 0 saturated carbocycles. The molecule has 1 N–H and O–H groups in total. The van der Waals surface area contributed by atoms with E-state index in [1.807, 2.05) is 30.3 Å². The number of nitro benzene ring substituents is 1. The molecule has 0 radical (unpaired) electrons. The van der Waals surface area contributed by atoms with E-state index in [1.165, 1.54) is 36.3 Å². The number of rotatable bonds is 16. The topological polar surface area (TPSA) is 193 Å². The zero-order valence-electron chi connectivity index (χ0n) is 32.2. The lowest BCUT2D eigenvalue weighted by Gasteiger charge is -2.36. The Morgan fingerprint density at radius 3 is 2.00 bits per heavy atom. The summed E-state index contributed by atoms with van der Waals surface area (Å²) in [6.45, 7) is 11.4. The van der Waals surface area contributed by atoms with Crippen LogP contribution in [0.15, 0.2) is 54.6 Å². The van der Waals surface area contributed by atoms with Crippen molar-refractivity contribution in [2.75, 3.05) is 26.8 Å². The van der Waals surface area contributed by atoms with Crippen LogP contribution in [0.2, 0.25) is 0 Å². The first-order valence-electron chi connectivity index (χ1n) is 17.8. The lowest BCUT2D eigenvalue weighted by Crippen LogP contribution is -2.57. The molecule has 54 heavy (non-hydrogen) atoms. The average Bonchev–Trinajstić information content (AvgIpc) is 3.47. The van der Waals surface area contributed by atoms with Crippen molar-refractivity contribution in [3.8, 4) is 0 Å². The number of likely N-dealkylation sites (tertiary alicyclic amines) is 1. The number of ether oxygens (including phenoxy) is 5. The molecule has 16 heteroatoms. The van der Waals surface area contributed by atoms with Crippen molar-refractivity contribution in [1.29, 1.82) is 0 Å². The molecule has 2 aromatic carbocycles. The number of nitro groups is 1. The summed E-state index contributed by atoms with van der Waals surface area (Å²) in [5.74, 6) is -3.09. The Kier molecular flexibility index (Phi) is 15.5. The van der Waals surface area contributed by atoms with Gasteiger partial charge < -0.3 is 28.6 Å². The fraction of sp³-hybridized carbons (Fsp3) is 0.553. The smallest absolute Gasteiger partial charge is 0.467 e. The van der Waals surface area contributed by atoms with Gasteiger partial charge in [-0.3, -0.25) is 25.1 Å². The van der Waals surface area contributed by atoms with Gasteiger partial charge in [0.2, 0.25) is 11.9 Å². The molecular formula is C38H52N4O12. The quantitative estimate of drug-likeness (QED) is 0.0837. The van der Waals surface area contributed by atoms with Gasteiger partial charge in [0.25, 0.3) is 5.69 Å². The van der Waals surface area contributed by atoms with Crippen LogP contribution in [-0.4, -0.2) is 107 Å². The molecule has 296 valence electrons. The van der Waals surface area contributed by atoms with Crippen molar-refractivity contribution >= 4 is 35.7 Å². The van der Waals surface area contributed by atoms with Gasteiger partial charge in [0.15, 0.2) is 6.23 Å². The van der Waals surface area contributed by atoms with Crippen LogP contribution >= 0.6 is 0 Å². The summed E-state index contributed by atoms with van der Waals surface area (Å²) in [5.41, 5.74) is -0.700. The second-order valence-corrected chi connectivity index (χ2v) is 14.7. The molecule has 16 nitrogen and oxygen atoms in total. The van der Waals surface area contributed by atoms with E-state index in [9.17, 15) is 34.1 Å². The highest BCUT2D eigenvalue weighted by atomic mass is 16.7. The summed E-state index contributed by atoms with van der Waals surface area (Å²) in [4.78, 5) is 81.1. The number of amides is 1. The molecule has 3 atom stereocenters. The number of non-ortho nitro benzene ring substituents is 1. The summed E-state index contributed by atoms with van der Waals surface area (Å²) in [5, 5.41) is 14.2. The van der Waals surface area contributed by atoms with E-state index >= 15 is 0 Å². The van der Waals surface area contributed by atoms with Crippen LogP contribution in [0.5, 0.6) is 0 Å². The van der Waals surface area contributed by atoms with Crippen LogP contribution in [0.4, 0.5) is 10.5 Å². The lowest BCUT2D eigenvalue weighted by atomic mass is 10.0. The molecule has 1 aliphatic heterocycles. The first kappa shape index (κ1) is 43.3. The van der Waals surface area contributed by atoms with Gasteiger partial charge in [-0.05, 0) is 66.0 Å². The highest BCUT2D eigenvalue weighted by Crippen LogP contribution is 2.30. The van der Waals surface area contributed by atoms with Gasteiger partial charge in [-0.2, -0.15) is 0 Å². The van der Waals surface area contributed by atoms with Crippen molar-refractivity contribution in [2.45, 2.75) is 110 Å². The number of hydrogen-bond acceptors (Lipinski definition) is 14. The summed E-state index contributed by atoms with van der Waals surface area (Å²) in [6, 6.07) is 11.1. The van der Waals surface area contributed by atoms with Crippen molar-refractivity contribution in [3.05, 3.63) is 75.8 Å². The van der Waals surface area contributed by atoms with Gasteiger partial charge in [-0.15, -0.1) is 0 Å². The van der Waals surface area contributed by atoms with Crippen LogP contribution in [0.25, 0.3) is 0 Å². The molecule has 2 aromatic rings. The van der Waals surface area contributed by atoms with E-state index in [4.69, 9.17) is 23.7 Å². The van der Waals surface area contributed by atoms with Crippen molar-refractivity contribution in [3.63, 3.8) is 0 Å². The highest BCUT2D eigenvalue weighted by molar-refractivity contribution is 5.99. The van der Waals surface area contributed by atoms with Gasteiger partial charge >= 0.3 is 24.1 Å². The monoisotopic (exact) mass is 756 g/mol. The maximum absolute atomic E-state index is 14.8. The Labute approximate surface area is 315 Å². The maximum Gasteiger partial charge on any atom is 0.509 e. The minimum absolute atomic E-state index is 0.0877. The fourth-order valence-corrected chi connectivity index (χ4v) is 5.85. The molecule has 0 unspecified atom stereocenters. The Morgan fingerprint density at radius 1 is 0.889 bits per heavy atom. The molecule has 0 spiro atoms. The van der Waals surface area contributed by atoms with Crippen LogP contribution in [0.1, 0.15) is 72.4 Å². The minimum atomic E-state index is -1.57. The van der Waals surface area contributed by atoms with Crippen LogP contribution in [0, 0.1) is 10.1 Å². The zero-order valence-corrected chi connectivity index (χ0v) is 32.2. The second kappa shape index (κ2) is 19.3. The van der Waals surface area contributed by atoms with Gasteiger partial charge in [0.1, 0.15) is 17.2 Å². The van der Waals surface area contributed by atoms with E-state index < -0.39 is 70.4 Å². The molecule has 1 amide bonds. The highest BCUT2D eigenvalue weighted by Gasteiger charge is 2.45. The molecule has 0 bridgehead atoms. The third-order valence-corrected chi connectivity index (χ3v) is 8.14. The standard InChI is InChI=1S/C38H52N4O12/c1-9-51-36(47)52-30-20-19-28(41(30)24-26-13-11-10-12-14-26)32(43)40(29(33(44)50-8)23-25-15-17-27(18-16-25)42(48)49)22-21-39-31(34(45)53-37(2,3)4)35(46)54-38(5,6)7/h10-18,28-31,39H,9,19-24H2,1-8H3/t28-,29+,30+/m0/s1. The number of hydrogen-bond donors (Lipinski definition) is 1. The van der Waals surface area contributed by atoms with Crippen molar-refractivity contribution in [2.24, 2.45) is 0 Å². The molecule has 3 rings (SSSR count). The number of benzene rings is 2. The number of carbonyl (C=O) groups excluding carboxylic acids is 5. The maximum atomic E-state index is 14.8. The molecular weight excluding hydrogens is 704 g/mol. The van der Waals surface area contributed by atoms with Gasteiger partial charge in [0, 0.05) is 44.6 Å². The van der Waals surface area contributed by atoms with Crippen LogP contribution < -0.4 is 5.32 Å². The molecule has 1 fully saturated rings. The summed E-state index contributed by atoms with van der Waals surface area (Å²) >= 11 is 0. The number of nitrogens with zero attached hydrogens (tertiary/aromatic N) is 3. The SMILES string of the molecule is CCOC(=O)O[C@@H]1CC[C@@H](C(=O)N(CCNC(C(=O)OC(C)(C)C)C(=O)OC(C)(C)C)[C@H](Cc2ccc([N+](=O)[O-])cc2)C(=O)OC)N1Cc1ccccc1. The van der Waals surface area contributed by atoms with Crippen LogP contribution in [-0.2, 0) is 55.8 Å². The number of esters is 3. The van der Waals surface area contributed by atoms with Gasteiger partial charge in [-0.25, -0.2) is 19.2 Å². The third-order valence-electron chi connectivity index (χ3n) is 8.14. The Balaban J connectivity index is 2.03. The first-order chi connectivity index (χ1) is 25.3. The van der Waals surface area contributed by atoms with Gasteiger partial charge in [0.05, 0.1) is 24.7 Å². The molecule has 1 aliphatic rings. The fourth-order valence-electron chi connectivity index (χ4n) is 5.85. The predicted molar refractivity (Wildman–Crippen MR) is 195 cm³/mol. The van der Waals surface area contributed by atoms with Crippen LogP contribution in [0.3, 0.4) is 0 Å². The summed E-state index contributed by atoms with van der Waals surface area (Å²) in [6.07, 6.45) is -1.31. The number of nitrogens with one attached hydrogen (secondary N) is 1. The number of carbonyl (C=O) groups is 5. The minimum Gasteiger partial charge on any atom is -0.467 e. The molecule has 0 aliphatic carbocycles. The first-order valence-corrected chi connectivity index (χ1v) is 17.8. The van der Waals surface area contributed by atoms with E-state index in [0.29, 0.717) is 5.56 Å². The summed E-state index contributed by atoms with van der Waals surface area (Å²) in [7, 11) is 1.17. The third kappa shape index (κ3) is 13.1. The molecule has 1 heterocycles. The lowest BCUT2D eigenvalue weighted by molar-refractivity contribution is -0.384. The molecule has 1 saturated heterocycles. The van der Waals surface area contributed by atoms with E-state index in [0.717, 1.165) is 5.56 Å². The summed E-state index contributed by atoms with van der Waals surface area (Å²) < 4.78 is 26.8. The number of methoxy groups -OCH3 is 1. The van der Waals surface area contributed by atoms with E-state index in [1.54, 1.807) is 53.4 Å². The second-order valence-electron chi connectivity index (χ2n) is 14.7.